The summed E-state index contributed by atoms with van der Waals surface area (Å²) in [6, 6.07) is 13.2. The number of rotatable bonds is 3. The zero-order valence-electron chi connectivity index (χ0n) is 11.9. The van der Waals surface area contributed by atoms with Gasteiger partial charge in [-0.2, -0.15) is 0 Å². The van der Waals surface area contributed by atoms with Crippen LogP contribution in [0.1, 0.15) is 29.2 Å². The molecule has 0 heterocycles. The van der Waals surface area contributed by atoms with Crippen molar-refractivity contribution < 1.29 is 4.79 Å². The molecule has 2 N–H and O–H groups in total. The largest absolute Gasteiger partial charge is 0.334 e. The van der Waals surface area contributed by atoms with Crippen LogP contribution in [0, 0.1) is 0 Å². The molecular weight excluding hydrogens is 319 g/mol. The van der Waals surface area contributed by atoms with Crippen LogP contribution in [0.2, 0.25) is 10.0 Å². The SMILES string of the molecule is O=C(NCc1ccccc1Cl)NC1CCc2cc(Cl)ccc21. The lowest BCUT2D eigenvalue weighted by Crippen LogP contribution is -2.36. The number of hydrogen-bond donors (Lipinski definition) is 2. The Balaban J connectivity index is 1.59. The first-order valence-electron chi connectivity index (χ1n) is 7.19. The monoisotopic (exact) mass is 334 g/mol. The average molecular weight is 335 g/mol. The van der Waals surface area contributed by atoms with Gasteiger partial charge in [-0.25, -0.2) is 4.79 Å². The highest BCUT2D eigenvalue weighted by molar-refractivity contribution is 6.31. The predicted octanol–water partition coefficient (Wildman–Crippen LogP) is 4.48. The van der Waals surface area contributed by atoms with Crippen molar-refractivity contribution >= 4 is 29.2 Å². The van der Waals surface area contributed by atoms with Crippen molar-refractivity contribution in [3.63, 3.8) is 0 Å². The number of carbonyl (C=O) groups is 1. The van der Waals surface area contributed by atoms with Crippen LogP contribution in [0.4, 0.5) is 4.79 Å². The number of fused-ring (bicyclic) bond motifs is 1. The van der Waals surface area contributed by atoms with Crippen molar-refractivity contribution in [2.45, 2.75) is 25.4 Å². The Morgan fingerprint density at radius 2 is 2.00 bits per heavy atom. The van der Waals surface area contributed by atoms with Crippen molar-refractivity contribution in [1.29, 1.82) is 0 Å². The third-order valence-corrected chi connectivity index (χ3v) is 4.49. The van der Waals surface area contributed by atoms with E-state index < -0.39 is 0 Å². The van der Waals surface area contributed by atoms with Gasteiger partial charge >= 0.3 is 6.03 Å². The highest BCUT2D eigenvalue weighted by Gasteiger charge is 2.23. The van der Waals surface area contributed by atoms with Crippen molar-refractivity contribution in [3.8, 4) is 0 Å². The normalized spacial score (nSPS) is 16.2. The lowest BCUT2D eigenvalue weighted by molar-refractivity contribution is 0.236. The highest BCUT2D eigenvalue weighted by Crippen LogP contribution is 2.32. The fraction of sp³-hybridized carbons (Fsp3) is 0.235. The van der Waals surface area contributed by atoms with E-state index >= 15 is 0 Å². The molecule has 3 nitrogen and oxygen atoms in total. The molecule has 1 aliphatic carbocycles. The zero-order chi connectivity index (χ0) is 15.5. The molecule has 1 aliphatic rings. The summed E-state index contributed by atoms with van der Waals surface area (Å²) in [5, 5.41) is 7.25. The van der Waals surface area contributed by atoms with Gasteiger partial charge in [-0.1, -0.05) is 47.5 Å². The average Bonchev–Trinajstić information content (AvgIpc) is 2.88. The lowest BCUT2D eigenvalue weighted by atomic mass is 10.1. The fourth-order valence-electron chi connectivity index (χ4n) is 2.76. The molecule has 114 valence electrons. The van der Waals surface area contributed by atoms with Crippen LogP contribution in [0.5, 0.6) is 0 Å². The van der Waals surface area contributed by atoms with Crippen LogP contribution in [0.3, 0.4) is 0 Å². The summed E-state index contributed by atoms with van der Waals surface area (Å²) in [4.78, 5) is 12.1. The molecule has 0 spiro atoms. The van der Waals surface area contributed by atoms with Crippen LogP contribution in [-0.2, 0) is 13.0 Å². The number of aryl methyl sites for hydroxylation is 1. The summed E-state index contributed by atoms with van der Waals surface area (Å²) in [6.07, 6.45) is 1.83. The van der Waals surface area contributed by atoms with Crippen LogP contribution >= 0.6 is 23.2 Å². The number of carbonyl (C=O) groups excluding carboxylic acids is 1. The van der Waals surface area contributed by atoms with Crippen molar-refractivity contribution in [3.05, 3.63) is 69.2 Å². The molecule has 3 rings (SSSR count). The summed E-state index contributed by atoms with van der Waals surface area (Å²) >= 11 is 12.1. The Morgan fingerprint density at radius 3 is 2.82 bits per heavy atom. The van der Waals surface area contributed by atoms with Crippen molar-refractivity contribution in [2.24, 2.45) is 0 Å². The van der Waals surface area contributed by atoms with E-state index in [9.17, 15) is 4.79 Å². The lowest BCUT2D eigenvalue weighted by Gasteiger charge is -2.15. The van der Waals surface area contributed by atoms with E-state index in [0.717, 1.165) is 29.0 Å². The number of nitrogens with one attached hydrogen (secondary N) is 2. The van der Waals surface area contributed by atoms with Crippen LogP contribution in [0.15, 0.2) is 42.5 Å². The molecule has 0 aromatic heterocycles. The second-order valence-corrected chi connectivity index (χ2v) is 6.20. The number of benzene rings is 2. The van der Waals surface area contributed by atoms with E-state index in [1.807, 2.05) is 42.5 Å². The van der Waals surface area contributed by atoms with Gasteiger partial charge in [0.2, 0.25) is 0 Å². The van der Waals surface area contributed by atoms with E-state index in [-0.39, 0.29) is 12.1 Å². The molecule has 1 unspecified atom stereocenters. The van der Waals surface area contributed by atoms with Crippen LogP contribution in [0.25, 0.3) is 0 Å². The molecule has 2 amide bonds. The van der Waals surface area contributed by atoms with Crippen molar-refractivity contribution in [1.82, 2.24) is 10.6 Å². The Hall–Kier alpha value is -1.71. The predicted molar refractivity (Wildman–Crippen MR) is 89.3 cm³/mol. The molecule has 0 saturated heterocycles. The third-order valence-electron chi connectivity index (χ3n) is 3.89. The topological polar surface area (TPSA) is 41.1 Å². The molecule has 0 fully saturated rings. The van der Waals surface area contributed by atoms with Gasteiger partial charge in [0.1, 0.15) is 0 Å². The molecule has 5 heteroatoms. The van der Waals surface area contributed by atoms with E-state index in [1.165, 1.54) is 5.56 Å². The third kappa shape index (κ3) is 3.37. The molecule has 0 saturated carbocycles. The van der Waals surface area contributed by atoms with Gasteiger partial charge < -0.3 is 10.6 Å². The zero-order valence-corrected chi connectivity index (χ0v) is 13.4. The quantitative estimate of drug-likeness (QED) is 0.853. The first-order valence-corrected chi connectivity index (χ1v) is 7.95. The first kappa shape index (κ1) is 15.2. The summed E-state index contributed by atoms with van der Waals surface area (Å²) in [7, 11) is 0. The Labute approximate surface area is 139 Å². The summed E-state index contributed by atoms with van der Waals surface area (Å²) in [6.45, 7) is 0.408. The first-order chi connectivity index (χ1) is 10.6. The van der Waals surface area contributed by atoms with Crippen molar-refractivity contribution in [2.75, 3.05) is 0 Å². The number of urea groups is 1. The summed E-state index contributed by atoms with van der Waals surface area (Å²) < 4.78 is 0. The second-order valence-electron chi connectivity index (χ2n) is 5.35. The highest BCUT2D eigenvalue weighted by atomic mass is 35.5. The van der Waals surface area contributed by atoms with E-state index in [1.54, 1.807) is 0 Å². The van der Waals surface area contributed by atoms with Gasteiger partial charge in [-0.3, -0.25) is 0 Å². The smallest absolute Gasteiger partial charge is 0.315 e. The Kier molecular flexibility index (Phi) is 4.55. The molecular formula is C17H16Cl2N2O. The molecule has 2 aromatic rings. The molecule has 1 atom stereocenters. The molecule has 2 aromatic carbocycles. The number of hydrogen-bond acceptors (Lipinski definition) is 1. The van der Waals surface area contributed by atoms with Gasteiger partial charge in [0, 0.05) is 16.6 Å². The second kappa shape index (κ2) is 6.59. The van der Waals surface area contributed by atoms with E-state index in [4.69, 9.17) is 23.2 Å². The minimum absolute atomic E-state index is 0.0403. The number of amides is 2. The van der Waals surface area contributed by atoms with E-state index in [2.05, 4.69) is 10.6 Å². The van der Waals surface area contributed by atoms with Crippen LogP contribution in [-0.4, -0.2) is 6.03 Å². The Morgan fingerprint density at radius 1 is 1.18 bits per heavy atom. The van der Waals surface area contributed by atoms with Gasteiger partial charge in [0.25, 0.3) is 0 Å². The molecule has 0 bridgehead atoms. The maximum Gasteiger partial charge on any atom is 0.315 e. The minimum Gasteiger partial charge on any atom is -0.334 e. The van der Waals surface area contributed by atoms with E-state index in [0.29, 0.717) is 11.6 Å². The summed E-state index contributed by atoms with van der Waals surface area (Å²) in [5.74, 6) is 0. The fourth-order valence-corrected chi connectivity index (χ4v) is 3.16. The molecule has 0 radical (unpaired) electrons. The standard InChI is InChI=1S/C17H16Cl2N2O/c18-13-6-7-14-11(9-13)5-8-16(14)21-17(22)20-10-12-3-1-2-4-15(12)19/h1-4,6-7,9,16H,5,8,10H2,(H2,20,21,22). The van der Waals surface area contributed by atoms with Crippen LogP contribution < -0.4 is 10.6 Å². The Bertz CT molecular complexity index is 703. The van der Waals surface area contributed by atoms with Gasteiger partial charge in [-0.05, 0) is 47.7 Å². The molecule has 22 heavy (non-hydrogen) atoms. The maximum atomic E-state index is 12.1. The number of halogens is 2. The van der Waals surface area contributed by atoms with Gasteiger partial charge in [0.15, 0.2) is 0 Å². The maximum absolute atomic E-state index is 12.1. The van der Waals surface area contributed by atoms with Gasteiger partial charge in [0.05, 0.1) is 6.04 Å². The minimum atomic E-state index is -0.187. The molecule has 0 aliphatic heterocycles. The van der Waals surface area contributed by atoms with Gasteiger partial charge in [-0.15, -0.1) is 0 Å². The summed E-state index contributed by atoms with van der Waals surface area (Å²) in [5.41, 5.74) is 3.26.